The lowest BCUT2D eigenvalue weighted by Crippen LogP contribution is -2.38. The first-order chi connectivity index (χ1) is 24.3. The average molecular weight is 685 g/mol. The van der Waals surface area contributed by atoms with E-state index in [4.69, 9.17) is 5.10 Å². The molecule has 0 aliphatic carbocycles. The Kier molecular flexibility index (Phi) is 10.2. The monoisotopic (exact) mass is 684 g/mol. The van der Waals surface area contributed by atoms with Gasteiger partial charge in [0, 0.05) is 59.9 Å². The summed E-state index contributed by atoms with van der Waals surface area (Å²) in [7, 11) is 1.93. The Morgan fingerprint density at radius 3 is 2.16 bits per heavy atom. The summed E-state index contributed by atoms with van der Waals surface area (Å²) in [6, 6.07) is 27.3. The van der Waals surface area contributed by atoms with Gasteiger partial charge in [-0.15, -0.1) is 0 Å². The van der Waals surface area contributed by atoms with Crippen LogP contribution in [0.3, 0.4) is 0 Å². The summed E-state index contributed by atoms with van der Waals surface area (Å²) in [4.78, 5) is 39.6. The van der Waals surface area contributed by atoms with E-state index >= 15 is 0 Å². The molecule has 0 unspecified atom stereocenters. The summed E-state index contributed by atoms with van der Waals surface area (Å²) in [5, 5.41) is 10.9. The molecule has 0 spiro atoms. The number of nitrogens with zero attached hydrogens (tertiary/aromatic N) is 6. The molecule has 0 bridgehead atoms. The first kappa shape index (κ1) is 35.3. The van der Waals surface area contributed by atoms with Gasteiger partial charge in [-0.05, 0) is 106 Å². The van der Waals surface area contributed by atoms with Gasteiger partial charge in [-0.25, -0.2) is 19.4 Å². The van der Waals surface area contributed by atoms with Crippen molar-refractivity contribution >= 4 is 35.1 Å². The number of rotatable bonds is 8. The molecule has 1 aliphatic heterocycles. The molecule has 3 amide bonds. The van der Waals surface area contributed by atoms with Crippen molar-refractivity contribution in [2.24, 2.45) is 5.92 Å². The quantitative estimate of drug-likeness (QED) is 0.170. The lowest BCUT2D eigenvalue weighted by molar-refractivity contribution is 0.0690. The number of urea groups is 1. The zero-order chi connectivity index (χ0) is 36.3. The van der Waals surface area contributed by atoms with Gasteiger partial charge in [0.25, 0.3) is 5.91 Å². The molecule has 10 heteroatoms. The number of piperidine rings is 1. The minimum Gasteiger partial charge on any atom is -0.339 e. The van der Waals surface area contributed by atoms with Crippen LogP contribution in [0.5, 0.6) is 0 Å². The molecule has 0 saturated carbocycles. The van der Waals surface area contributed by atoms with E-state index in [9.17, 15) is 9.59 Å². The second-order valence-electron chi connectivity index (χ2n) is 14.7. The number of carbonyl (C=O) groups is 2. The van der Waals surface area contributed by atoms with Crippen LogP contribution in [-0.4, -0.2) is 56.7 Å². The SMILES string of the molecule is Cc1ccc(-n2nc(C(C)(C)C)cc2NC(=O)Nc2cccc(CC3CCN(C(=O)c4ccc(N(C)c5nc(C)cc(C)n5)cc4)CC3)c2)cc1. The van der Waals surface area contributed by atoms with Crippen LogP contribution in [0.25, 0.3) is 5.69 Å². The van der Waals surface area contributed by atoms with Crippen molar-refractivity contribution in [1.82, 2.24) is 24.6 Å². The second-order valence-corrected chi connectivity index (χ2v) is 14.7. The van der Waals surface area contributed by atoms with Gasteiger partial charge in [-0.3, -0.25) is 10.1 Å². The largest absolute Gasteiger partial charge is 0.339 e. The summed E-state index contributed by atoms with van der Waals surface area (Å²) in [6.45, 7) is 13.7. The van der Waals surface area contributed by atoms with E-state index in [1.807, 2.05) is 116 Å². The second kappa shape index (κ2) is 14.8. The maximum Gasteiger partial charge on any atom is 0.324 e. The number of nitrogens with one attached hydrogen (secondary N) is 2. The highest BCUT2D eigenvalue weighted by molar-refractivity contribution is 5.99. The third kappa shape index (κ3) is 8.63. The molecule has 51 heavy (non-hydrogen) atoms. The van der Waals surface area contributed by atoms with E-state index in [2.05, 4.69) is 47.4 Å². The molecular formula is C41H48N8O2. The Hall–Kier alpha value is -5.51. The minimum absolute atomic E-state index is 0.0563. The molecule has 5 aromatic rings. The summed E-state index contributed by atoms with van der Waals surface area (Å²) in [6.07, 6.45) is 2.73. The number of anilines is 4. The Labute approximate surface area is 300 Å². The van der Waals surface area contributed by atoms with Gasteiger partial charge < -0.3 is 15.1 Å². The lowest BCUT2D eigenvalue weighted by atomic mass is 9.90. The van der Waals surface area contributed by atoms with Crippen molar-refractivity contribution in [2.45, 2.75) is 66.2 Å². The molecule has 3 heterocycles. The fourth-order valence-corrected chi connectivity index (χ4v) is 6.43. The first-order valence-electron chi connectivity index (χ1n) is 17.6. The first-order valence-corrected chi connectivity index (χ1v) is 17.6. The van der Waals surface area contributed by atoms with Crippen LogP contribution in [0.15, 0.2) is 84.9 Å². The van der Waals surface area contributed by atoms with Gasteiger partial charge in [0.15, 0.2) is 0 Å². The maximum absolute atomic E-state index is 13.4. The summed E-state index contributed by atoms with van der Waals surface area (Å²) in [5.41, 5.74) is 8.07. The Morgan fingerprint density at radius 2 is 1.51 bits per heavy atom. The Balaban J connectivity index is 1.03. The third-order valence-electron chi connectivity index (χ3n) is 9.38. The average Bonchev–Trinajstić information content (AvgIpc) is 3.52. The number of aromatic nitrogens is 4. The summed E-state index contributed by atoms with van der Waals surface area (Å²) in [5.74, 6) is 1.75. The van der Waals surface area contributed by atoms with Gasteiger partial charge in [0.05, 0.1) is 11.4 Å². The molecule has 264 valence electrons. The molecule has 2 N–H and O–H groups in total. The van der Waals surface area contributed by atoms with Crippen molar-refractivity contribution < 1.29 is 9.59 Å². The Bertz CT molecular complexity index is 1980. The van der Waals surface area contributed by atoms with E-state index in [0.717, 1.165) is 64.5 Å². The fraction of sp³-hybridized carbons (Fsp3) is 0.341. The molecule has 1 fully saturated rings. The molecule has 0 radical (unpaired) electrons. The maximum atomic E-state index is 13.4. The molecular weight excluding hydrogens is 637 g/mol. The van der Waals surface area contributed by atoms with E-state index in [1.165, 1.54) is 0 Å². The van der Waals surface area contributed by atoms with Crippen LogP contribution in [0.4, 0.5) is 27.9 Å². The number of hydrogen-bond donors (Lipinski definition) is 2. The number of carbonyl (C=O) groups excluding carboxylic acids is 2. The molecule has 1 saturated heterocycles. The highest BCUT2D eigenvalue weighted by Crippen LogP contribution is 2.28. The highest BCUT2D eigenvalue weighted by Gasteiger charge is 2.25. The molecule has 0 atom stereocenters. The molecule has 10 nitrogen and oxygen atoms in total. The molecule has 3 aromatic carbocycles. The van der Waals surface area contributed by atoms with Crippen molar-refractivity contribution in [1.29, 1.82) is 0 Å². The van der Waals surface area contributed by atoms with Crippen LogP contribution in [0, 0.1) is 26.7 Å². The van der Waals surface area contributed by atoms with E-state index in [-0.39, 0.29) is 17.4 Å². The number of amides is 3. The summed E-state index contributed by atoms with van der Waals surface area (Å²) < 4.78 is 1.78. The van der Waals surface area contributed by atoms with Crippen LogP contribution >= 0.6 is 0 Å². The van der Waals surface area contributed by atoms with Crippen LogP contribution in [-0.2, 0) is 11.8 Å². The van der Waals surface area contributed by atoms with Crippen molar-refractivity contribution in [3.05, 3.63) is 119 Å². The van der Waals surface area contributed by atoms with Crippen LogP contribution < -0.4 is 15.5 Å². The van der Waals surface area contributed by atoms with Gasteiger partial charge in [-0.2, -0.15) is 5.10 Å². The number of aryl methyl sites for hydroxylation is 3. The minimum atomic E-state index is -0.328. The van der Waals surface area contributed by atoms with Crippen molar-refractivity contribution in [3.8, 4) is 5.69 Å². The smallest absolute Gasteiger partial charge is 0.324 e. The fourth-order valence-electron chi connectivity index (χ4n) is 6.43. The Morgan fingerprint density at radius 1 is 0.843 bits per heavy atom. The van der Waals surface area contributed by atoms with Crippen LogP contribution in [0.2, 0.25) is 0 Å². The lowest BCUT2D eigenvalue weighted by Gasteiger charge is -2.32. The summed E-state index contributed by atoms with van der Waals surface area (Å²) >= 11 is 0. The highest BCUT2D eigenvalue weighted by atomic mass is 16.2. The van der Waals surface area contributed by atoms with Gasteiger partial charge in [-0.1, -0.05) is 50.6 Å². The van der Waals surface area contributed by atoms with E-state index < -0.39 is 0 Å². The molecule has 6 rings (SSSR count). The zero-order valence-corrected chi connectivity index (χ0v) is 30.7. The molecule has 1 aliphatic rings. The topological polar surface area (TPSA) is 108 Å². The number of benzene rings is 3. The van der Waals surface area contributed by atoms with Crippen LogP contribution in [0.1, 0.15) is 72.2 Å². The number of hydrogen-bond acceptors (Lipinski definition) is 6. The van der Waals surface area contributed by atoms with Gasteiger partial charge in [0.2, 0.25) is 5.95 Å². The van der Waals surface area contributed by atoms with E-state index in [0.29, 0.717) is 36.3 Å². The van der Waals surface area contributed by atoms with Crippen molar-refractivity contribution in [3.63, 3.8) is 0 Å². The van der Waals surface area contributed by atoms with Crippen molar-refractivity contribution in [2.75, 3.05) is 35.7 Å². The van der Waals surface area contributed by atoms with Gasteiger partial charge in [0.1, 0.15) is 5.82 Å². The van der Waals surface area contributed by atoms with Gasteiger partial charge >= 0.3 is 6.03 Å². The predicted molar refractivity (Wildman–Crippen MR) is 204 cm³/mol. The third-order valence-corrected chi connectivity index (χ3v) is 9.38. The van der Waals surface area contributed by atoms with E-state index in [1.54, 1.807) is 4.68 Å². The standard InChI is InChI=1S/C41H48N8O2/c1-27-11-15-35(16-12-27)49-37(26-36(46-49)41(4,5)6)45-40(51)44-33-10-8-9-31(25-33)24-30-19-21-48(22-20-30)38(50)32-13-17-34(18-14-32)47(7)39-42-28(2)23-29(3)43-39/h8-18,23,25-26,30H,19-22,24H2,1-7H3,(H2,44,45,51). The zero-order valence-electron chi connectivity index (χ0n) is 30.7. The molecule has 2 aromatic heterocycles. The predicted octanol–water partition coefficient (Wildman–Crippen LogP) is 8.39. The number of likely N-dealkylation sites (tertiary alicyclic amines) is 1. The normalized spacial score (nSPS) is 13.6.